The molecule has 6 heteroatoms. The molecule has 124 valence electrons. The third-order valence-electron chi connectivity index (χ3n) is 3.93. The van der Waals surface area contributed by atoms with Gasteiger partial charge < -0.3 is 10.2 Å². The Kier molecular flexibility index (Phi) is 4.81. The second kappa shape index (κ2) is 7.01. The number of carbonyl (C=O) groups excluding carboxylic acids is 2. The Morgan fingerprint density at radius 3 is 2.62 bits per heavy atom. The third kappa shape index (κ3) is 3.41. The second-order valence-electron chi connectivity index (χ2n) is 5.56. The maximum atomic E-state index is 12.8. The molecular weight excluding hydrogens is 331 g/mol. The van der Waals surface area contributed by atoms with Gasteiger partial charge >= 0.3 is 0 Å². The highest BCUT2D eigenvalue weighted by molar-refractivity contribution is 6.31. The summed E-state index contributed by atoms with van der Waals surface area (Å²) in [5.74, 6) is -0.956. The standard InChI is InChI=1S/C18H16ClFN2O2/c19-16(20)17(23)21-14-8-9-15-13(11-14)7-4-10-22(15)18(24)12-5-2-1-3-6-12/h1-3,5-6,8-9,11,16H,4,7,10H2,(H,21,23). The number of benzene rings is 2. The summed E-state index contributed by atoms with van der Waals surface area (Å²) in [6.07, 6.45) is 1.61. The number of alkyl halides is 2. The van der Waals surface area contributed by atoms with Gasteiger partial charge in [0.25, 0.3) is 17.4 Å². The number of aryl methyl sites for hydroxylation is 1. The smallest absolute Gasteiger partial charge is 0.274 e. The van der Waals surface area contributed by atoms with Gasteiger partial charge in [0.2, 0.25) is 0 Å². The highest BCUT2D eigenvalue weighted by Gasteiger charge is 2.24. The van der Waals surface area contributed by atoms with Crippen LogP contribution in [0.25, 0.3) is 0 Å². The Morgan fingerprint density at radius 2 is 1.92 bits per heavy atom. The molecule has 0 aliphatic carbocycles. The van der Waals surface area contributed by atoms with Crippen molar-refractivity contribution in [3.63, 3.8) is 0 Å². The van der Waals surface area contributed by atoms with Gasteiger partial charge in [-0.2, -0.15) is 0 Å². The normalized spacial score (nSPS) is 14.7. The molecule has 0 saturated heterocycles. The summed E-state index contributed by atoms with van der Waals surface area (Å²) in [6, 6.07) is 14.3. The SMILES string of the molecule is O=C(Nc1ccc2c(c1)CCCN2C(=O)c1ccccc1)C(F)Cl. The van der Waals surface area contributed by atoms with Crippen molar-refractivity contribution < 1.29 is 14.0 Å². The Hall–Kier alpha value is -2.40. The molecule has 2 amide bonds. The fraction of sp³-hybridized carbons (Fsp3) is 0.222. The van der Waals surface area contributed by atoms with Crippen molar-refractivity contribution in [2.24, 2.45) is 0 Å². The quantitative estimate of drug-likeness (QED) is 0.860. The van der Waals surface area contributed by atoms with Crippen LogP contribution in [0.1, 0.15) is 22.3 Å². The van der Waals surface area contributed by atoms with Crippen LogP contribution in [-0.4, -0.2) is 24.0 Å². The highest BCUT2D eigenvalue weighted by Crippen LogP contribution is 2.31. The van der Waals surface area contributed by atoms with Crippen molar-refractivity contribution in [1.29, 1.82) is 0 Å². The first-order chi connectivity index (χ1) is 11.6. The minimum absolute atomic E-state index is 0.0575. The van der Waals surface area contributed by atoms with Gasteiger partial charge in [0, 0.05) is 23.5 Å². The predicted molar refractivity (Wildman–Crippen MR) is 92.3 cm³/mol. The zero-order chi connectivity index (χ0) is 17.1. The number of rotatable bonds is 3. The van der Waals surface area contributed by atoms with E-state index in [0.29, 0.717) is 17.8 Å². The van der Waals surface area contributed by atoms with E-state index in [1.165, 1.54) is 0 Å². The van der Waals surface area contributed by atoms with E-state index in [0.717, 1.165) is 24.1 Å². The van der Waals surface area contributed by atoms with E-state index >= 15 is 0 Å². The fourth-order valence-corrected chi connectivity index (χ4v) is 2.87. The lowest BCUT2D eigenvalue weighted by molar-refractivity contribution is -0.118. The monoisotopic (exact) mass is 346 g/mol. The van der Waals surface area contributed by atoms with E-state index in [9.17, 15) is 14.0 Å². The first-order valence-corrected chi connectivity index (χ1v) is 8.09. The number of hydrogen-bond donors (Lipinski definition) is 1. The summed E-state index contributed by atoms with van der Waals surface area (Å²) in [4.78, 5) is 25.8. The Bertz CT molecular complexity index is 765. The molecule has 4 nitrogen and oxygen atoms in total. The lowest BCUT2D eigenvalue weighted by atomic mass is 10.00. The van der Waals surface area contributed by atoms with Gasteiger partial charge in [-0.05, 0) is 48.7 Å². The van der Waals surface area contributed by atoms with E-state index in [4.69, 9.17) is 11.6 Å². The number of carbonyl (C=O) groups is 2. The number of hydrogen-bond acceptors (Lipinski definition) is 2. The molecule has 1 N–H and O–H groups in total. The van der Waals surface area contributed by atoms with Crippen LogP contribution in [0.2, 0.25) is 0 Å². The van der Waals surface area contributed by atoms with Gasteiger partial charge in [0.1, 0.15) is 0 Å². The largest absolute Gasteiger partial charge is 0.322 e. The van der Waals surface area contributed by atoms with Crippen molar-refractivity contribution in [3.05, 3.63) is 59.7 Å². The minimum Gasteiger partial charge on any atom is -0.322 e. The molecule has 0 saturated carbocycles. The highest BCUT2D eigenvalue weighted by atomic mass is 35.5. The van der Waals surface area contributed by atoms with Crippen molar-refractivity contribution in [3.8, 4) is 0 Å². The molecule has 1 heterocycles. The van der Waals surface area contributed by atoms with Gasteiger partial charge in [0.05, 0.1) is 0 Å². The maximum absolute atomic E-state index is 12.8. The van der Waals surface area contributed by atoms with Crippen molar-refractivity contribution in [1.82, 2.24) is 0 Å². The molecule has 0 bridgehead atoms. The molecule has 1 unspecified atom stereocenters. The van der Waals surface area contributed by atoms with Crippen LogP contribution in [0.15, 0.2) is 48.5 Å². The first-order valence-electron chi connectivity index (χ1n) is 7.65. The number of halogens is 2. The maximum Gasteiger partial charge on any atom is 0.274 e. The number of fused-ring (bicyclic) bond motifs is 1. The zero-order valence-electron chi connectivity index (χ0n) is 12.8. The molecule has 0 radical (unpaired) electrons. The Balaban J connectivity index is 1.86. The summed E-state index contributed by atoms with van der Waals surface area (Å²) in [5, 5.41) is 2.42. The molecule has 0 fully saturated rings. The third-order valence-corrected chi connectivity index (χ3v) is 4.13. The zero-order valence-corrected chi connectivity index (χ0v) is 13.6. The van der Waals surface area contributed by atoms with Gasteiger partial charge in [-0.3, -0.25) is 9.59 Å². The Labute approximate surface area is 144 Å². The van der Waals surface area contributed by atoms with Crippen LogP contribution in [0.5, 0.6) is 0 Å². The van der Waals surface area contributed by atoms with Crippen LogP contribution in [0.3, 0.4) is 0 Å². The molecule has 3 rings (SSSR count). The molecule has 1 aliphatic rings. The first kappa shape index (κ1) is 16.5. The van der Waals surface area contributed by atoms with E-state index in [1.807, 2.05) is 18.2 Å². The lowest BCUT2D eigenvalue weighted by Crippen LogP contribution is -2.35. The van der Waals surface area contributed by atoms with Crippen LogP contribution in [-0.2, 0) is 11.2 Å². The molecule has 1 aliphatic heterocycles. The predicted octanol–water partition coefficient (Wildman–Crippen LogP) is 3.75. The van der Waals surface area contributed by atoms with E-state index < -0.39 is 11.5 Å². The average Bonchev–Trinajstić information content (AvgIpc) is 2.61. The lowest BCUT2D eigenvalue weighted by Gasteiger charge is -2.30. The average molecular weight is 347 g/mol. The fourth-order valence-electron chi connectivity index (χ4n) is 2.82. The Morgan fingerprint density at radius 1 is 1.17 bits per heavy atom. The molecular formula is C18H16ClFN2O2. The summed E-state index contributed by atoms with van der Waals surface area (Å²) in [5.41, 5.74) is 0.766. The second-order valence-corrected chi connectivity index (χ2v) is 5.94. The van der Waals surface area contributed by atoms with Crippen molar-refractivity contribution in [2.45, 2.75) is 18.5 Å². The van der Waals surface area contributed by atoms with Crippen LogP contribution in [0, 0.1) is 0 Å². The number of anilines is 2. The molecule has 24 heavy (non-hydrogen) atoms. The summed E-state index contributed by atoms with van der Waals surface area (Å²) in [7, 11) is 0. The minimum atomic E-state index is -2.09. The molecule has 2 aromatic rings. The van der Waals surface area contributed by atoms with Gasteiger partial charge in [-0.1, -0.05) is 29.8 Å². The summed E-state index contributed by atoms with van der Waals surface area (Å²) >= 11 is 5.12. The number of nitrogens with one attached hydrogen (secondary N) is 1. The molecule has 0 spiro atoms. The van der Waals surface area contributed by atoms with Gasteiger partial charge in [-0.15, -0.1) is 0 Å². The van der Waals surface area contributed by atoms with Gasteiger partial charge in [-0.25, -0.2) is 4.39 Å². The van der Waals surface area contributed by atoms with Crippen molar-refractivity contribution >= 4 is 34.8 Å². The number of amides is 2. The van der Waals surface area contributed by atoms with Crippen LogP contribution >= 0.6 is 11.6 Å². The van der Waals surface area contributed by atoms with Crippen LogP contribution in [0.4, 0.5) is 15.8 Å². The summed E-state index contributed by atoms with van der Waals surface area (Å²) in [6.45, 7) is 0.640. The van der Waals surface area contributed by atoms with E-state index in [2.05, 4.69) is 5.32 Å². The topological polar surface area (TPSA) is 49.4 Å². The number of nitrogens with zero attached hydrogens (tertiary/aromatic N) is 1. The van der Waals surface area contributed by atoms with Gasteiger partial charge in [0.15, 0.2) is 0 Å². The van der Waals surface area contributed by atoms with Crippen molar-refractivity contribution in [2.75, 3.05) is 16.8 Å². The molecule has 2 aromatic carbocycles. The molecule has 0 aromatic heterocycles. The molecule has 1 atom stereocenters. The van der Waals surface area contributed by atoms with Crippen LogP contribution < -0.4 is 10.2 Å². The van der Waals surface area contributed by atoms with E-state index in [1.54, 1.807) is 35.2 Å². The van der Waals surface area contributed by atoms with E-state index in [-0.39, 0.29) is 5.91 Å². The summed E-state index contributed by atoms with van der Waals surface area (Å²) < 4.78 is 12.8.